The van der Waals surface area contributed by atoms with Crippen molar-refractivity contribution in [3.05, 3.63) is 78.5 Å². The number of quaternary nitrogens is 1. The number of aliphatic carboxylic acids is 1. The van der Waals surface area contributed by atoms with Crippen molar-refractivity contribution < 1.29 is 18.9 Å². The number of benzene rings is 1. The third-order valence-corrected chi connectivity index (χ3v) is 6.54. The molecule has 2 bridgehead atoms. The number of rotatable bonds is 7. The van der Waals surface area contributed by atoms with E-state index in [4.69, 9.17) is 9.63 Å². The molecule has 2 aromatic rings. The molecule has 5 rings (SSSR count). The number of carboxylic acid groups (broad SMARTS) is 1. The van der Waals surface area contributed by atoms with Crippen molar-refractivity contribution in [2.75, 3.05) is 26.0 Å². The quantitative estimate of drug-likeness (QED) is 0.228. The van der Waals surface area contributed by atoms with Gasteiger partial charge < -0.3 is 14.1 Å². The summed E-state index contributed by atoms with van der Waals surface area (Å²) >= 11 is 4.64. The lowest BCUT2D eigenvalue weighted by molar-refractivity contribution is -0.955. The van der Waals surface area contributed by atoms with Crippen LogP contribution in [0.1, 0.15) is 76.6 Å². The van der Waals surface area contributed by atoms with Gasteiger partial charge >= 0.3 is 5.97 Å². The van der Waals surface area contributed by atoms with Crippen LogP contribution in [-0.2, 0) is 11.3 Å². The first-order valence-corrected chi connectivity index (χ1v) is 13.9. The number of allylic oxidation sites excluding steroid dienone is 5. The first-order chi connectivity index (χ1) is 17.9. The highest BCUT2D eigenvalue weighted by Crippen LogP contribution is 2.34. The van der Waals surface area contributed by atoms with Gasteiger partial charge in [-0.2, -0.15) is 4.98 Å². The van der Waals surface area contributed by atoms with Crippen LogP contribution < -0.4 is 0 Å². The van der Waals surface area contributed by atoms with Gasteiger partial charge in [0.25, 0.3) is 5.89 Å². The number of aromatic nitrogens is 2. The molecule has 3 aliphatic rings. The van der Waals surface area contributed by atoms with E-state index in [1.165, 1.54) is 51.7 Å². The van der Waals surface area contributed by atoms with Gasteiger partial charge in [-0.3, -0.25) is 4.79 Å². The molecule has 1 N–H and O–H groups in total. The summed E-state index contributed by atoms with van der Waals surface area (Å²) in [6.45, 7) is 16.4. The molecule has 1 aromatic carbocycles. The van der Waals surface area contributed by atoms with Gasteiger partial charge in [0, 0.05) is 12.0 Å². The first-order valence-electron chi connectivity index (χ1n) is 13.2. The van der Waals surface area contributed by atoms with E-state index in [9.17, 15) is 4.79 Å². The Balaban J connectivity index is 0.000000360. The topological polar surface area (TPSA) is 76.2 Å². The second-order valence-corrected chi connectivity index (χ2v) is 9.45. The van der Waals surface area contributed by atoms with E-state index in [-0.39, 0.29) is 0 Å². The molecule has 1 aromatic heterocycles. The zero-order valence-electron chi connectivity index (χ0n) is 23.2. The molecule has 0 saturated carbocycles. The highest BCUT2D eigenvalue weighted by Gasteiger charge is 2.40. The van der Waals surface area contributed by atoms with Crippen LogP contribution in [0.3, 0.4) is 0 Å². The number of carboxylic acids is 1. The molecule has 0 spiro atoms. The second-order valence-electron chi connectivity index (χ2n) is 9.45. The second kappa shape index (κ2) is 17.7. The lowest BCUT2D eigenvalue weighted by Gasteiger charge is -2.48. The minimum atomic E-state index is -0.781. The van der Waals surface area contributed by atoms with Crippen molar-refractivity contribution in [2.45, 2.75) is 65.8 Å². The van der Waals surface area contributed by atoms with Crippen molar-refractivity contribution in [3.8, 4) is 0 Å². The molecule has 0 radical (unpaired) electrons. The largest absolute Gasteiger partial charge is 0.481 e. The van der Waals surface area contributed by atoms with Gasteiger partial charge in [0.15, 0.2) is 0 Å². The molecule has 7 heteroatoms. The van der Waals surface area contributed by atoms with Crippen LogP contribution in [-0.4, -0.2) is 51.7 Å². The summed E-state index contributed by atoms with van der Waals surface area (Å²) in [5, 5.41) is 12.8. The summed E-state index contributed by atoms with van der Waals surface area (Å²) < 4.78 is 6.59. The van der Waals surface area contributed by atoms with Crippen molar-refractivity contribution in [1.82, 2.24) is 10.1 Å². The summed E-state index contributed by atoms with van der Waals surface area (Å²) in [6, 6.07) is 9.19. The van der Waals surface area contributed by atoms with E-state index < -0.39 is 11.9 Å². The average molecular weight is 531 g/mol. The van der Waals surface area contributed by atoms with Crippen LogP contribution in [0.25, 0.3) is 5.57 Å². The van der Waals surface area contributed by atoms with Gasteiger partial charge in [0.05, 0.1) is 25.6 Å². The molecule has 204 valence electrons. The number of halogens is 1. The standard InChI is InChI=1S/C17H24N3O.C9H10O2.C3H8.CH3Cl/c1-3-5-15(6-4-2)17-18-16(19-21-17)13-20-10-7-14(8-11-20)9-12-20;1-7(9(10)11)8-5-3-2-4-6-8;1-3-2;1-2/h3-6,14H,1,7-13H2,2H3;2-7H,1H3,(H,10,11);3H2,1-2H3;1H3/q+1;;;/b6-4-,15-5+;;;. The van der Waals surface area contributed by atoms with Crippen molar-refractivity contribution in [3.63, 3.8) is 0 Å². The lowest BCUT2D eigenvalue weighted by Crippen LogP contribution is -2.57. The molecule has 1 atom stereocenters. The normalized spacial score (nSPS) is 20.9. The average Bonchev–Trinajstić information content (AvgIpc) is 3.39. The summed E-state index contributed by atoms with van der Waals surface area (Å²) in [5.74, 6) is 1.22. The SMILES string of the molecule is C=C/C=C(\C=C/C)c1nc(C[N+]23CCC(CC2)CC3)no1.CC(C(=O)O)c1ccccc1.CCC.CCl. The Kier molecular flexibility index (Phi) is 15.5. The number of hydrogen-bond donors (Lipinski definition) is 1. The number of piperidine rings is 3. The Morgan fingerprint density at radius 2 is 1.76 bits per heavy atom. The zero-order valence-corrected chi connectivity index (χ0v) is 24.0. The predicted molar refractivity (Wildman–Crippen MR) is 153 cm³/mol. The Morgan fingerprint density at radius 3 is 2.24 bits per heavy atom. The molecule has 1 unspecified atom stereocenters. The van der Waals surface area contributed by atoms with E-state index in [0.29, 0.717) is 5.89 Å². The van der Waals surface area contributed by atoms with E-state index in [1.54, 1.807) is 13.0 Å². The molecule has 3 fully saturated rings. The summed E-state index contributed by atoms with van der Waals surface area (Å²) in [4.78, 5) is 15.1. The Labute approximate surface area is 228 Å². The van der Waals surface area contributed by atoms with Gasteiger partial charge in [-0.15, -0.1) is 11.6 Å². The van der Waals surface area contributed by atoms with Gasteiger partial charge in [0.2, 0.25) is 5.82 Å². The Morgan fingerprint density at radius 1 is 1.19 bits per heavy atom. The molecule has 37 heavy (non-hydrogen) atoms. The monoisotopic (exact) mass is 530 g/mol. The Bertz CT molecular complexity index is 963. The first kappa shape index (κ1) is 32.3. The minimum Gasteiger partial charge on any atom is -0.481 e. The summed E-state index contributed by atoms with van der Waals surface area (Å²) in [5.41, 5.74) is 1.77. The van der Waals surface area contributed by atoms with Gasteiger partial charge in [0.1, 0.15) is 6.54 Å². The fraction of sp³-hybridized carbons (Fsp3) is 0.500. The molecular formula is C30H45ClN3O3+. The highest BCUT2D eigenvalue weighted by molar-refractivity contribution is 6.15. The van der Waals surface area contributed by atoms with Crippen LogP contribution in [0.4, 0.5) is 0 Å². The zero-order chi connectivity index (χ0) is 27.7. The molecule has 3 saturated heterocycles. The summed E-state index contributed by atoms with van der Waals surface area (Å²) in [7, 11) is 0. The lowest BCUT2D eigenvalue weighted by atomic mass is 9.86. The maximum atomic E-state index is 10.5. The van der Waals surface area contributed by atoms with Crippen LogP contribution in [0.2, 0.25) is 0 Å². The highest BCUT2D eigenvalue weighted by atomic mass is 35.5. The molecule has 0 aliphatic carbocycles. The smallest absolute Gasteiger partial charge is 0.310 e. The third kappa shape index (κ3) is 10.7. The number of carbonyl (C=O) groups is 1. The van der Waals surface area contributed by atoms with E-state index in [0.717, 1.165) is 33.9 Å². The van der Waals surface area contributed by atoms with Crippen molar-refractivity contribution in [2.24, 2.45) is 5.92 Å². The van der Waals surface area contributed by atoms with Crippen molar-refractivity contribution >= 4 is 23.1 Å². The minimum absolute atomic E-state index is 0.406. The molecule has 6 nitrogen and oxygen atoms in total. The van der Waals surface area contributed by atoms with Crippen LogP contribution in [0.15, 0.2) is 65.7 Å². The summed E-state index contributed by atoms with van der Waals surface area (Å²) in [6.07, 6.45) is 14.4. The van der Waals surface area contributed by atoms with E-state index in [1.807, 2.05) is 55.5 Å². The predicted octanol–water partition coefficient (Wildman–Crippen LogP) is 7.49. The fourth-order valence-corrected chi connectivity index (χ4v) is 4.50. The number of alkyl halides is 1. The van der Waals surface area contributed by atoms with E-state index in [2.05, 4.69) is 42.2 Å². The van der Waals surface area contributed by atoms with Gasteiger partial charge in [-0.1, -0.05) is 86.6 Å². The van der Waals surface area contributed by atoms with Gasteiger partial charge in [-0.25, -0.2) is 0 Å². The maximum Gasteiger partial charge on any atom is 0.310 e. The number of nitrogens with zero attached hydrogens (tertiary/aromatic N) is 3. The molecular weight excluding hydrogens is 486 g/mol. The fourth-order valence-electron chi connectivity index (χ4n) is 4.50. The maximum absolute atomic E-state index is 10.5. The Hall–Kier alpha value is -2.70. The van der Waals surface area contributed by atoms with E-state index >= 15 is 0 Å². The van der Waals surface area contributed by atoms with Crippen LogP contribution in [0, 0.1) is 5.92 Å². The molecule has 4 heterocycles. The third-order valence-electron chi connectivity index (χ3n) is 6.54. The molecule has 3 aliphatic heterocycles. The van der Waals surface area contributed by atoms with Gasteiger partial charge in [-0.05, 0) is 44.6 Å². The number of fused-ring (bicyclic) bond motifs is 3. The van der Waals surface area contributed by atoms with Crippen LogP contribution in [0.5, 0.6) is 0 Å². The number of hydrogen-bond acceptors (Lipinski definition) is 4. The molecule has 0 amide bonds. The van der Waals surface area contributed by atoms with Crippen molar-refractivity contribution in [1.29, 1.82) is 0 Å². The van der Waals surface area contributed by atoms with Crippen LogP contribution >= 0.6 is 11.6 Å².